The second-order valence-corrected chi connectivity index (χ2v) is 4.24. The number of rotatable bonds is 3. The Balaban J connectivity index is 2.27. The average molecular weight is 269 g/mol. The first kappa shape index (κ1) is 12.2. The monoisotopic (exact) mass is 269 g/mol. The standard InChI is InChI=1S/C14H11N3O3/c1-8-16-13(10-3-2-6-20-10)12-9(4-5-11(18)19)7-15-14(12)17-8/h2-7H,1H3,(H,18,19)(H,15,16,17)/b5-4+. The highest BCUT2D eigenvalue weighted by Crippen LogP contribution is 2.29. The van der Waals surface area contributed by atoms with Crippen LogP contribution >= 0.6 is 0 Å². The lowest BCUT2D eigenvalue weighted by atomic mass is 10.1. The third kappa shape index (κ3) is 2.07. The average Bonchev–Trinajstić information content (AvgIpc) is 3.04. The van der Waals surface area contributed by atoms with Gasteiger partial charge in [-0.2, -0.15) is 0 Å². The third-order valence-electron chi connectivity index (χ3n) is 2.83. The molecule has 0 radical (unpaired) electrons. The highest BCUT2D eigenvalue weighted by Gasteiger charge is 2.14. The van der Waals surface area contributed by atoms with Gasteiger partial charge in [0, 0.05) is 17.8 Å². The Morgan fingerprint density at radius 2 is 2.30 bits per heavy atom. The number of hydrogen-bond acceptors (Lipinski definition) is 4. The molecule has 3 aromatic rings. The number of fused-ring (bicyclic) bond motifs is 1. The normalized spacial score (nSPS) is 11.4. The number of H-pyrrole nitrogens is 1. The highest BCUT2D eigenvalue weighted by molar-refractivity contribution is 5.98. The van der Waals surface area contributed by atoms with Gasteiger partial charge in [0.15, 0.2) is 5.76 Å². The Hall–Kier alpha value is -2.89. The molecule has 0 saturated carbocycles. The number of carbonyl (C=O) groups is 1. The Bertz CT molecular complexity index is 801. The summed E-state index contributed by atoms with van der Waals surface area (Å²) in [4.78, 5) is 22.4. The minimum atomic E-state index is -1.01. The zero-order valence-electron chi connectivity index (χ0n) is 10.6. The first-order chi connectivity index (χ1) is 9.65. The minimum absolute atomic E-state index is 0.611. The molecular weight excluding hydrogens is 258 g/mol. The number of aryl methyl sites for hydroxylation is 1. The number of aromatic amines is 1. The quantitative estimate of drug-likeness (QED) is 0.713. The molecule has 3 heterocycles. The van der Waals surface area contributed by atoms with E-state index in [-0.39, 0.29) is 0 Å². The molecule has 0 unspecified atom stereocenters. The van der Waals surface area contributed by atoms with Crippen LogP contribution in [0.3, 0.4) is 0 Å². The molecule has 0 aliphatic carbocycles. The highest BCUT2D eigenvalue weighted by atomic mass is 16.4. The predicted octanol–water partition coefficient (Wildman–Crippen LogP) is 2.62. The SMILES string of the molecule is Cc1nc(-c2ccco2)c2c(/C=C/C(=O)O)c[nH]c2n1. The summed E-state index contributed by atoms with van der Waals surface area (Å²) >= 11 is 0. The van der Waals surface area contributed by atoms with Gasteiger partial charge in [0.25, 0.3) is 0 Å². The molecule has 0 aliphatic heterocycles. The van der Waals surface area contributed by atoms with Crippen molar-refractivity contribution in [1.82, 2.24) is 15.0 Å². The molecule has 0 saturated heterocycles. The number of nitrogens with zero attached hydrogens (tertiary/aromatic N) is 2. The Morgan fingerprint density at radius 1 is 1.45 bits per heavy atom. The van der Waals surface area contributed by atoms with Crippen molar-refractivity contribution >= 4 is 23.1 Å². The zero-order valence-corrected chi connectivity index (χ0v) is 10.6. The lowest BCUT2D eigenvalue weighted by Gasteiger charge is -2.02. The fourth-order valence-corrected chi connectivity index (χ4v) is 2.05. The van der Waals surface area contributed by atoms with Crippen LogP contribution in [0.5, 0.6) is 0 Å². The summed E-state index contributed by atoms with van der Waals surface area (Å²) in [5.41, 5.74) is 1.99. The molecule has 0 spiro atoms. The van der Waals surface area contributed by atoms with Crippen LogP contribution in [0.2, 0.25) is 0 Å². The van der Waals surface area contributed by atoms with Gasteiger partial charge in [-0.3, -0.25) is 0 Å². The number of hydrogen-bond donors (Lipinski definition) is 2. The van der Waals surface area contributed by atoms with Crippen molar-refractivity contribution in [3.63, 3.8) is 0 Å². The van der Waals surface area contributed by atoms with Gasteiger partial charge >= 0.3 is 5.97 Å². The summed E-state index contributed by atoms with van der Waals surface area (Å²) in [6, 6.07) is 3.58. The van der Waals surface area contributed by atoms with Crippen molar-refractivity contribution in [3.05, 3.63) is 42.1 Å². The van der Waals surface area contributed by atoms with Crippen molar-refractivity contribution in [3.8, 4) is 11.5 Å². The summed E-state index contributed by atoms with van der Waals surface area (Å²) in [6.45, 7) is 1.79. The maximum absolute atomic E-state index is 10.7. The third-order valence-corrected chi connectivity index (χ3v) is 2.83. The number of nitrogens with one attached hydrogen (secondary N) is 1. The van der Waals surface area contributed by atoms with Gasteiger partial charge < -0.3 is 14.5 Å². The van der Waals surface area contributed by atoms with Gasteiger partial charge in [-0.25, -0.2) is 14.8 Å². The summed E-state index contributed by atoms with van der Waals surface area (Å²) in [6.07, 6.45) is 5.85. The van der Waals surface area contributed by atoms with E-state index < -0.39 is 5.97 Å². The molecular formula is C14H11N3O3. The summed E-state index contributed by atoms with van der Waals surface area (Å²) in [5.74, 6) is 0.219. The molecule has 3 rings (SSSR count). The Labute approximate surface area is 113 Å². The summed E-state index contributed by atoms with van der Waals surface area (Å²) < 4.78 is 5.39. The molecule has 0 amide bonds. The molecule has 0 bridgehead atoms. The molecule has 6 heteroatoms. The van der Waals surface area contributed by atoms with Crippen LogP contribution < -0.4 is 0 Å². The molecule has 3 aromatic heterocycles. The van der Waals surface area contributed by atoms with Crippen LogP contribution in [0.15, 0.2) is 35.1 Å². The summed E-state index contributed by atoms with van der Waals surface area (Å²) in [7, 11) is 0. The van der Waals surface area contributed by atoms with Gasteiger partial charge in [0.2, 0.25) is 0 Å². The fraction of sp³-hybridized carbons (Fsp3) is 0.0714. The van der Waals surface area contributed by atoms with E-state index in [0.717, 1.165) is 11.5 Å². The maximum atomic E-state index is 10.7. The second-order valence-electron chi connectivity index (χ2n) is 4.24. The number of aliphatic carboxylic acids is 1. The van der Waals surface area contributed by atoms with Gasteiger partial charge in [0.05, 0.1) is 11.6 Å². The van der Waals surface area contributed by atoms with Crippen molar-refractivity contribution in [2.75, 3.05) is 0 Å². The van der Waals surface area contributed by atoms with Crippen LogP contribution in [-0.4, -0.2) is 26.0 Å². The Kier molecular flexibility index (Phi) is 2.83. The molecule has 0 atom stereocenters. The number of carboxylic acid groups (broad SMARTS) is 1. The topological polar surface area (TPSA) is 92.0 Å². The van der Waals surface area contributed by atoms with Crippen molar-refractivity contribution in [2.24, 2.45) is 0 Å². The summed E-state index contributed by atoms with van der Waals surface area (Å²) in [5, 5.41) is 9.47. The van der Waals surface area contributed by atoms with E-state index in [1.54, 1.807) is 31.5 Å². The van der Waals surface area contributed by atoms with Gasteiger partial charge in [0.1, 0.15) is 17.2 Å². The van der Waals surface area contributed by atoms with Crippen molar-refractivity contribution in [1.29, 1.82) is 0 Å². The minimum Gasteiger partial charge on any atom is -0.478 e. The number of aromatic nitrogens is 3. The van der Waals surface area contributed by atoms with E-state index in [1.807, 2.05) is 0 Å². The molecule has 100 valence electrons. The lowest BCUT2D eigenvalue weighted by molar-refractivity contribution is -0.131. The first-order valence-electron chi connectivity index (χ1n) is 5.96. The molecule has 2 N–H and O–H groups in total. The molecule has 20 heavy (non-hydrogen) atoms. The Morgan fingerprint density at radius 3 is 3.00 bits per heavy atom. The number of carboxylic acids is 1. The van der Waals surface area contributed by atoms with Gasteiger partial charge in [-0.1, -0.05) is 0 Å². The predicted molar refractivity (Wildman–Crippen MR) is 73.0 cm³/mol. The van der Waals surface area contributed by atoms with E-state index in [4.69, 9.17) is 9.52 Å². The van der Waals surface area contributed by atoms with Crippen LogP contribution in [-0.2, 0) is 4.79 Å². The molecule has 0 aliphatic rings. The second kappa shape index (κ2) is 4.65. The van der Waals surface area contributed by atoms with Gasteiger partial charge in [-0.05, 0) is 25.1 Å². The fourth-order valence-electron chi connectivity index (χ4n) is 2.05. The molecule has 6 nitrogen and oxygen atoms in total. The van der Waals surface area contributed by atoms with Crippen LogP contribution in [0.4, 0.5) is 0 Å². The molecule has 0 fully saturated rings. The van der Waals surface area contributed by atoms with E-state index >= 15 is 0 Å². The molecule has 0 aromatic carbocycles. The van der Waals surface area contributed by atoms with Crippen LogP contribution in [0.25, 0.3) is 28.6 Å². The zero-order chi connectivity index (χ0) is 14.1. The maximum Gasteiger partial charge on any atom is 0.328 e. The van der Waals surface area contributed by atoms with Crippen molar-refractivity contribution in [2.45, 2.75) is 6.92 Å². The van der Waals surface area contributed by atoms with E-state index in [9.17, 15) is 4.79 Å². The van der Waals surface area contributed by atoms with Crippen LogP contribution in [0, 0.1) is 6.92 Å². The lowest BCUT2D eigenvalue weighted by Crippen LogP contribution is -1.93. The first-order valence-corrected chi connectivity index (χ1v) is 5.96. The van der Waals surface area contributed by atoms with Crippen molar-refractivity contribution < 1.29 is 14.3 Å². The van der Waals surface area contributed by atoms with E-state index in [1.165, 1.54) is 6.08 Å². The van der Waals surface area contributed by atoms with E-state index in [2.05, 4.69) is 15.0 Å². The van der Waals surface area contributed by atoms with Gasteiger partial charge in [-0.15, -0.1) is 0 Å². The number of furan rings is 1. The largest absolute Gasteiger partial charge is 0.478 e. The van der Waals surface area contributed by atoms with Crippen LogP contribution in [0.1, 0.15) is 11.4 Å². The van der Waals surface area contributed by atoms with E-state index in [0.29, 0.717) is 28.5 Å². The smallest absolute Gasteiger partial charge is 0.328 e.